The smallest absolute Gasteiger partial charge is 0.0485 e. The predicted molar refractivity (Wildman–Crippen MR) is 92.8 cm³/mol. The van der Waals surface area contributed by atoms with E-state index in [-0.39, 0.29) is 0 Å². The zero-order valence-corrected chi connectivity index (χ0v) is 13.7. The molecule has 1 atom stereocenters. The Kier molecular flexibility index (Phi) is 5.44. The van der Waals surface area contributed by atoms with Crippen molar-refractivity contribution in [1.29, 1.82) is 0 Å². The molecule has 1 unspecified atom stereocenters. The lowest BCUT2D eigenvalue weighted by Gasteiger charge is -2.17. The summed E-state index contributed by atoms with van der Waals surface area (Å²) in [7, 11) is 0. The average molecular weight is 281 g/mol. The van der Waals surface area contributed by atoms with Crippen LogP contribution in [0.1, 0.15) is 50.4 Å². The molecule has 2 aromatic rings. The molecule has 0 aliphatic heterocycles. The van der Waals surface area contributed by atoms with Crippen molar-refractivity contribution in [2.45, 2.75) is 46.6 Å². The maximum absolute atomic E-state index is 3.57. The van der Waals surface area contributed by atoms with E-state index in [1.165, 1.54) is 22.4 Å². The number of anilines is 1. The minimum atomic E-state index is 0.325. The summed E-state index contributed by atoms with van der Waals surface area (Å²) in [6.07, 6.45) is 2.24. The van der Waals surface area contributed by atoms with Crippen molar-refractivity contribution in [3.63, 3.8) is 0 Å². The summed E-state index contributed by atoms with van der Waals surface area (Å²) < 4.78 is 0. The molecule has 0 saturated heterocycles. The highest BCUT2D eigenvalue weighted by molar-refractivity contribution is 5.46. The van der Waals surface area contributed by atoms with E-state index in [0.29, 0.717) is 12.0 Å². The molecule has 1 nitrogen and oxygen atoms in total. The summed E-state index contributed by atoms with van der Waals surface area (Å²) in [5.41, 5.74) is 5.33. The lowest BCUT2D eigenvalue weighted by Crippen LogP contribution is -2.06. The zero-order valence-electron chi connectivity index (χ0n) is 13.7. The van der Waals surface area contributed by atoms with Gasteiger partial charge >= 0.3 is 0 Å². The highest BCUT2D eigenvalue weighted by atomic mass is 14.9. The molecule has 2 rings (SSSR count). The number of rotatable bonds is 6. The van der Waals surface area contributed by atoms with Crippen LogP contribution in [-0.4, -0.2) is 0 Å². The molecule has 1 N–H and O–H groups in total. The third kappa shape index (κ3) is 4.63. The number of benzene rings is 2. The molecule has 112 valence electrons. The molecule has 0 spiro atoms. The first-order valence-corrected chi connectivity index (χ1v) is 8.02. The molecule has 21 heavy (non-hydrogen) atoms. The van der Waals surface area contributed by atoms with Gasteiger partial charge in [-0.3, -0.25) is 0 Å². The van der Waals surface area contributed by atoms with E-state index in [1.807, 2.05) is 0 Å². The predicted octanol–water partition coefficient (Wildman–Crippen LogP) is 5.62. The molecular formula is C20H27N. The number of hydrogen-bond acceptors (Lipinski definition) is 1. The summed E-state index contributed by atoms with van der Waals surface area (Å²) in [6, 6.07) is 18.1. The minimum Gasteiger partial charge on any atom is -0.379 e. The second-order valence-electron chi connectivity index (χ2n) is 6.26. The molecule has 0 aliphatic rings. The van der Waals surface area contributed by atoms with Gasteiger partial charge in [0.25, 0.3) is 0 Å². The Morgan fingerprint density at radius 3 is 1.90 bits per heavy atom. The Bertz CT molecular complexity index is 537. The fourth-order valence-electron chi connectivity index (χ4n) is 2.58. The van der Waals surface area contributed by atoms with E-state index in [0.717, 1.165) is 12.8 Å². The van der Waals surface area contributed by atoms with Gasteiger partial charge in [0.15, 0.2) is 0 Å². The van der Waals surface area contributed by atoms with E-state index in [9.17, 15) is 0 Å². The van der Waals surface area contributed by atoms with E-state index in [2.05, 4.69) is 81.5 Å². The summed E-state index contributed by atoms with van der Waals surface area (Å²) in [5, 5.41) is 3.57. The molecule has 1 heteroatoms. The van der Waals surface area contributed by atoms with Crippen LogP contribution in [0, 0.1) is 5.92 Å². The molecule has 0 radical (unpaired) electrons. The fourth-order valence-corrected chi connectivity index (χ4v) is 2.58. The molecule has 0 heterocycles. The van der Waals surface area contributed by atoms with Crippen LogP contribution in [0.5, 0.6) is 0 Å². The molecule has 0 amide bonds. The van der Waals surface area contributed by atoms with E-state index >= 15 is 0 Å². The summed E-state index contributed by atoms with van der Waals surface area (Å²) in [6.45, 7) is 8.92. The molecule has 0 fully saturated rings. The number of nitrogens with one attached hydrogen (secondary N) is 1. The number of aryl methyl sites for hydroxylation is 1. The van der Waals surface area contributed by atoms with Gasteiger partial charge < -0.3 is 5.32 Å². The molecule has 0 aromatic heterocycles. The first kappa shape index (κ1) is 15.6. The second kappa shape index (κ2) is 7.31. The maximum atomic E-state index is 3.57. The monoisotopic (exact) mass is 281 g/mol. The topological polar surface area (TPSA) is 12.0 Å². The third-order valence-corrected chi connectivity index (χ3v) is 3.87. The lowest BCUT2D eigenvalue weighted by molar-refractivity contribution is 0.647. The van der Waals surface area contributed by atoms with Crippen molar-refractivity contribution in [2.75, 3.05) is 5.32 Å². The van der Waals surface area contributed by atoms with Crippen LogP contribution in [0.3, 0.4) is 0 Å². The molecule has 0 aliphatic carbocycles. The molecule has 2 aromatic carbocycles. The SMILES string of the molecule is CCc1ccc(NC(C)c2ccc(CC(C)C)cc2)cc1. The molecule has 0 saturated carbocycles. The van der Waals surface area contributed by atoms with Crippen LogP contribution >= 0.6 is 0 Å². The van der Waals surface area contributed by atoms with E-state index in [4.69, 9.17) is 0 Å². The van der Waals surface area contributed by atoms with Gasteiger partial charge in [0.1, 0.15) is 0 Å². The quantitative estimate of drug-likeness (QED) is 0.724. The van der Waals surface area contributed by atoms with Crippen LogP contribution in [0.15, 0.2) is 48.5 Å². The van der Waals surface area contributed by atoms with E-state index in [1.54, 1.807) is 0 Å². The maximum Gasteiger partial charge on any atom is 0.0485 e. The first-order chi connectivity index (χ1) is 10.1. The summed E-state index contributed by atoms with van der Waals surface area (Å²) >= 11 is 0. The van der Waals surface area contributed by atoms with Gasteiger partial charge in [0, 0.05) is 11.7 Å². The molecule has 0 bridgehead atoms. The highest BCUT2D eigenvalue weighted by Gasteiger charge is 2.06. The van der Waals surface area contributed by atoms with Crippen molar-refractivity contribution < 1.29 is 0 Å². The number of hydrogen-bond donors (Lipinski definition) is 1. The Morgan fingerprint density at radius 1 is 0.810 bits per heavy atom. The lowest BCUT2D eigenvalue weighted by atomic mass is 10.00. The van der Waals surface area contributed by atoms with Gasteiger partial charge in [-0.05, 0) is 54.5 Å². The fraction of sp³-hybridized carbons (Fsp3) is 0.400. The van der Waals surface area contributed by atoms with Crippen molar-refractivity contribution in [3.05, 3.63) is 65.2 Å². The van der Waals surface area contributed by atoms with Gasteiger partial charge in [-0.2, -0.15) is 0 Å². The van der Waals surface area contributed by atoms with Crippen LogP contribution in [0.25, 0.3) is 0 Å². The average Bonchev–Trinajstić information content (AvgIpc) is 2.48. The first-order valence-electron chi connectivity index (χ1n) is 8.02. The zero-order chi connectivity index (χ0) is 15.2. The second-order valence-corrected chi connectivity index (χ2v) is 6.26. The van der Waals surface area contributed by atoms with Crippen molar-refractivity contribution in [1.82, 2.24) is 0 Å². The molecular weight excluding hydrogens is 254 g/mol. The minimum absolute atomic E-state index is 0.325. The summed E-state index contributed by atoms with van der Waals surface area (Å²) in [5.74, 6) is 0.712. The Labute approximate surface area is 129 Å². The van der Waals surface area contributed by atoms with Gasteiger partial charge in [-0.25, -0.2) is 0 Å². The standard InChI is InChI=1S/C20H27N/c1-5-17-8-12-20(13-9-17)21-16(4)19-10-6-18(7-11-19)14-15(2)3/h6-13,15-16,21H,5,14H2,1-4H3. The third-order valence-electron chi connectivity index (χ3n) is 3.87. The van der Waals surface area contributed by atoms with Crippen molar-refractivity contribution >= 4 is 5.69 Å². The van der Waals surface area contributed by atoms with Crippen LogP contribution in [0.2, 0.25) is 0 Å². The van der Waals surface area contributed by atoms with Crippen molar-refractivity contribution in [3.8, 4) is 0 Å². The van der Waals surface area contributed by atoms with Gasteiger partial charge in [0.05, 0.1) is 0 Å². The normalized spacial score (nSPS) is 12.4. The Hall–Kier alpha value is -1.76. The highest BCUT2D eigenvalue weighted by Crippen LogP contribution is 2.21. The van der Waals surface area contributed by atoms with Gasteiger partial charge in [-0.1, -0.05) is 57.2 Å². The Balaban J connectivity index is 2.00. The van der Waals surface area contributed by atoms with Crippen LogP contribution < -0.4 is 5.32 Å². The van der Waals surface area contributed by atoms with Gasteiger partial charge in [-0.15, -0.1) is 0 Å². The summed E-state index contributed by atoms with van der Waals surface area (Å²) in [4.78, 5) is 0. The largest absolute Gasteiger partial charge is 0.379 e. The Morgan fingerprint density at radius 2 is 1.38 bits per heavy atom. The van der Waals surface area contributed by atoms with Crippen molar-refractivity contribution in [2.24, 2.45) is 5.92 Å². The van der Waals surface area contributed by atoms with E-state index < -0.39 is 0 Å². The van der Waals surface area contributed by atoms with Crippen LogP contribution in [0.4, 0.5) is 5.69 Å². The van der Waals surface area contributed by atoms with Crippen LogP contribution in [-0.2, 0) is 12.8 Å². The van der Waals surface area contributed by atoms with Gasteiger partial charge in [0.2, 0.25) is 0 Å².